The van der Waals surface area contributed by atoms with E-state index in [4.69, 9.17) is 31.0 Å². The summed E-state index contributed by atoms with van der Waals surface area (Å²) < 4.78 is 16.2. The highest BCUT2D eigenvalue weighted by Gasteiger charge is 2.21. The first-order chi connectivity index (χ1) is 14.1. The Morgan fingerprint density at radius 3 is 2.59 bits per heavy atom. The lowest BCUT2D eigenvalue weighted by atomic mass is 10.1. The minimum Gasteiger partial charge on any atom is -0.496 e. The summed E-state index contributed by atoms with van der Waals surface area (Å²) in [6, 6.07) is 6.19. The number of hydrogen-bond donors (Lipinski definition) is 1. The highest BCUT2D eigenvalue weighted by atomic mass is 35.5. The van der Waals surface area contributed by atoms with E-state index in [0.717, 1.165) is 43.0 Å². The first kappa shape index (κ1) is 20.1. The van der Waals surface area contributed by atoms with Crippen LogP contribution in [0.25, 0.3) is 17.0 Å². The zero-order chi connectivity index (χ0) is 20.4. The maximum Gasteiger partial charge on any atom is 0.236 e. The van der Waals surface area contributed by atoms with E-state index >= 15 is 0 Å². The average Bonchev–Trinajstić information content (AvgIpc) is 3.17. The number of aromatic nitrogens is 3. The van der Waals surface area contributed by atoms with Crippen LogP contribution in [0.5, 0.6) is 11.5 Å². The summed E-state index contributed by atoms with van der Waals surface area (Å²) in [6.07, 6.45) is 8.21. The Morgan fingerprint density at radius 2 is 1.90 bits per heavy atom. The largest absolute Gasteiger partial charge is 0.496 e. The van der Waals surface area contributed by atoms with Gasteiger partial charge in [-0.25, -0.2) is 4.98 Å². The SMILES string of the molecule is COc1cc(OC)c(-c2cn3ccc(N4CCC(NSC)CC4)nc3n2)cc1Cl. The molecule has 0 atom stereocenters. The fourth-order valence-corrected chi connectivity index (χ4v) is 4.43. The van der Waals surface area contributed by atoms with Gasteiger partial charge in [0, 0.05) is 43.2 Å². The third kappa shape index (κ3) is 4.10. The number of halogens is 1. The standard InChI is InChI=1S/C20H24ClN5O2S/c1-27-17-11-18(28-2)15(21)10-14(17)16-12-26-9-6-19(23-20(26)22-16)25-7-4-13(5-8-25)24-29-3/h6,9-13,24H,4-5,7-8H2,1-3H3. The molecule has 3 heterocycles. The van der Waals surface area contributed by atoms with Gasteiger partial charge in [0.1, 0.15) is 17.3 Å². The van der Waals surface area contributed by atoms with Gasteiger partial charge >= 0.3 is 0 Å². The lowest BCUT2D eigenvalue weighted by Crippen LogP contribution is -2.40. The Balaban J connectivity index is 1.62. The van der Waals surface area contributed by atoms with Crippen LogP contribution in [0.4, 0.5) is 5.82 Å². The number of hydrogen-bond acceptors (Lipinski definition) is 7. The summed E-state index contributed by atoms with van der Waals surface area (Å²) >= 11 is 8.01. The quantitative estimate of drug-likeness (QED) is 0.591. The molecule has 1 aliphatic heterocycles. The lowest BCUT2D eigenvalue weighted by molar-refractivity contribution is 0.395. The molecule has 4 rings (SSSR count). The van der Waals surface area contributed by atoms with Crippen LogP contribution in [-0.4, -0.2) is 54.0 Å². The topological polar surface area (TPSA) is 63.9 Å². The average molecular weight is 434 g/mol. The molecule has 2 aromatic heterocycles. The van der Waals surface area contributed by atoms with Crippen LogP contribution in [0.1, 0.15) is 12.8 Å². The minimum absolute atomic E-state index is 0.510. The Kier molecular flexibility index (Phi) is 6.03. The normalized spacial score (nSPS) is 15.1. The third-order valence-electron chi connectivity index (χ3n) is 5.16. The number of anilines is 1. The van der Waals surface area contributed by atoms with E-state index in [1.165, 1.54) is 0 Å². The molecule has 1 saturated heterocycles. The number of nitrogens with one attached hydrogen (secondary N) is 1. The predicted molar refractivity (Wildman–Crippen MR) is 118 cm³/mol. The zero-order valence-electron chi connectivity index (χ0n) is 16.7. The molecule has 0 spiro atoms. The summed E-state index contributed by atoms with van der Waals surface area (Å²) in [5.74, 6) is 2.82. The number of benzene rings is 1. The van der Waals surface area contributed by atoms with Gasteiger partial charge in [-0.3, -0.25) is 9.12 Å². The molecule has 0 aliphatic carbocycles. The van der Waals surface area contributed by atoms with Crippen LogP contribution >= 0.6 is 23.5 Å². The van der Waals surface area contributed by atoms with Crippen molar-refractivity contribution < 1.29 is 9.47 Å². The van der Waals surface area contributed by atoms with Gasteiger partial charge in [-0.05, 0) is 31.2 Å². The van der Waals surface area contributed by atoms with E-state index < -0.39 is 0 Å². The number of rotatable bonds is 6. The van der Waals surface area contributed by atoms with Crippen molar-refractivity contribution in [1.82, 2.24) is 19.1 Å². The van der Waals surface area contributed by atoms with Gasteiger partial charge in [0.25, 0.3) is 0 Å². The summed E-state index contributed by atoms with van der Waals surface area (Å²) in [5.41, 5.74) is 1.55. The maximum absolute atomic E-state index is 6.32. The van der Waals surface area contributed by atoms with E-state index in [1.54, 1.807) is 32.2 Å². The zero-order valence-corrected chi connectivity index (χ0v) is 18.3. The summed E-state index contributed by atoms with van der Waals surface area (Å²) in [7, 11) is 3.20. The Morgan fingerprint density at radius 1 is 1.14 bits per heavy atom. The second kappa shape index (κ2) is 8.69. The molecule has 1 aromatic carbocycles. The van der Waals surface area contributed by atoms with Gasteiger partial charge in [-0.1, -0.05) is 23.5 Å². The van der Waals surface area contributed by atoms with Gasteiger partial charge in [0.05, 0.1) is 24.9 Å². The molecular weight excluding hydrogens is 410 g/mol. The van der Waals surface area contributed by atoms with Crippen LogP contribution < -0.4 is 19.1 Å². The van der Waals surface area contributed by atoms with Crippen molar-refractivity contribution in [2.45, 2.75) is 18.9 Å². The molecule has 0 saturated carbocycles. The number of imidazole rings is 1. The van der Waals surface area contributed by atoms with E-state index in [0.29, 0.717) is 28.3 Å². The molecule has 1 fully saturated rings. The van der Waals surface area contributed by atoms with E-state index in [2.05, 4.69) is 15.9 Å². The van der Waals surface area contributed by atoms with E-state index in [9.17, 15) is 0 Å². The molecule has 0 radical (unpaired) electrons. The van der Waals surface area contributed by atoms with Crippen molar-refractivity contribution in [2.24, 2.45) is 0 Å². The maximum atomic E-state index is 6.32. The smallest absolute Gasteiger partial charge is 0.236 e. The van der Waals surface area contributed by atoms with Gasteiger partial charge in [0.2, 0.25) is 5.78 Å². The Bertz CT molecular complexity index is 1000. The molecule has 1 N–H and O–H groups in total. The molecular formula is C20H24ClN5O2S. The highest BCUT2D eigenvalue weighted by Crippen LogP contribution is 2.38. The third-order valence-corrected chi connectivity index (χ3v) is 6.03. The predicted octanol–water partition coefficient (Wildman–Crippen LogP) is 3.90. The van der Waals surface area contributed by atoms with Crippen LogP contribution in [0.2, 0.25) is 5.02 Å². The van der Waals surface area contributed by atoms with Crippen LogP contribution in [0.15, 0.2) is 30.6 Å². The summed E-state index contributed by atoms with van der Waals surface area (Å²) in [6.45, 7) is 1.97. The second-order valence-electron chi connectivity index (χ2n) is 6.89. The van der Waals surface area contributed by atoms with Crippen molar-refractivity contribution >= 4 is 35.1 Å². The monoisotopic (exact) mass is 433 g/mol. The number of ether oxygens (including phenoxy) is 2. The molecule has 0 bridgehead atoms. The fraction of sp³-hybridized carbons (Fsp3) is 0.400. The van der Waals surface area contributed by atoms with Crippen molar-refractivity contribution in [1.29, 1.82) is 0 Å². The van der Waals surface area contributed by atoms with Crippen LogP contribution in [-0.2, 0) is 0 Å². The molecule has 7 nitrogen and oxygen atoms in total. The fourth-order valence-electron chi connectivity index (χ4n) is 3.62. The first-order valence-electron chi connectivity index (χ1n) is 9.44. The second-order valence-corrected chi connectivity index (χ2v) is 7.94. The van der Waals surface area contributed by atoms with Crippen LogP contribution in [0.3, 0.4) is 0 Å². The van der Waals surface area contributed by atoms with Gasteiger partial charge in [0.15, 0.2) is 0 Å². The summed E-state index contributed by atoms with van der Waals surface area (Å²) in [4.78, 5) is 11.8. The molecule has 154 valence electrons. The van der Waals surface area contributed by atoms with Crippen molar-refractivity contribution in [3.63, 3.8) is 0 Å². The molecule has 29 heavy (non-hydrogen) atoms. The Labute approximate surface area is 179 Å². The minimum atomic E-state index is 0.510. The van der Waals surface area contributed by atoms with Crippen LogP contribution in [0, 0.1) is 0 Å². The molecule has 1 aliphatic rings. The summed E-state index contributed by atoms with van der Waals surface area (Å²) in [5, 5.41) is 0.510. The van der Waals surface area contributed by atoms with Gasteiger partial charge < -0.3 is 14.4 Å². The Hall–Kier alpha value is -2.16. The molecule has 0 amide bonds. The van der Waals surface area contributed by atoms with E-state index in [-0.39, 0.29) is 0 Å². The van der Waals surface area contributed by atoms with Gasteiger partial charge in [-0.15, -0.1) is 0 Å². The molecule has 9 heteroatoms. The lowest BCUT2D eigenvalue weighted by Gasteiger charge is -2.32. The van der Waals surface area contributed by atoms with Crippen molar-refractivity contribution in [3.8, 4) is 22.8 Å². The number of nitrogens with zero attached hydrogens (tertiary/aromatic N) is 4. The number of fused-ring (bicyclic) bond motifs is 1. The van der Waals surface area contributed by atoms with E-state index in [1.807, 2.05) is 28.9 Å². The molecule has 3 aromatic rings. The van der Waals surface area contributed by atoms with Crippen molar-refractivity contribution in [2.75, 3.05) is 38.5 Å². The number of methoxy groups -OCH3 is 2. The number of piperidine rings is 1. The molecule has 0 unspecified atom stereocenters. The highest BCUT2D eigenvalue weighted by molar-refractivity contribution is 7.96. The van der Waals surface area contributed by atoms with Gasteiger partial charge in [-0.2, -0.15) is 4.98 Å². The first-order valence-corrected chi connectivity index (χ1v) is 11.0. The van der Waals surface area contributed by atoms with Crippen molar-refractivity contribution in [3.05, 3.63) is 35.6 Å².